The van der Waals surface area contributed by atoms with E-state index >= 15 is 0 Å². The second kappa shape index (κ2) is 4.89. The zero-order valence-corrected chi connectivity index (χ0v) is 10.5. The molecule has 2 heterocycles. The highest BCUT2D eigenvalue weighted by Gasteiger charge is 2.31. The molecule has 2 aliphatic rings. The standard InChI is InChI=1S/C14H16F2N2O/c15-12-4-1-9(7-13(12)16)14(19)18-6-5-10-2-3-11(8-18)17-10/h1,4,7,10-11,17H,2-3,5-6,8H2. The van der Waals surface area contributed by atoms with Gasteiger partial charge in [0, 0.05) is 30.7 Å². The number of benzene rings is 1. The van der Waals surface area contributed by atoms with Gasteiger partial charge in [-0.3, -0.25) is 4.79 Å². The maximum Gasteiger partial charge on any atom is 0.254 e. The maximum atomic E-state index is 13.2. The Morgan fingerprint density at radius 2 is 1.95 bits per heavy atom. The quantitative estimate of drug-likeness (QED) is 0.842. The lowest BCUT2D eigenvalue weighted by molar-refractivity contribution is 0.0747. The van der Waals surface area contributed by atoms with E-state index in [0.717, 1.165) is 31.4 Å². The van der Waals surface area contributed by atoms with E-state index in [2.05, 4.69) is 5.32 Å². The molecule has 2 bridgehead atoms. The fraction of sp³-hybridized carbons (Fsp3) is 0.500. The number of likely N-dealkylation sites (tertiary alicyclic amines) is 1. The van der Waals surface area contributed by atoms with Crippen LogP contribution in [-0.2, 0) is 0 Å². The molecule has 2 aliphatic heterocycles. The molecule has 0 spiro atoms. The minimum absolute atomic E-state index is 0.215. The Kier molecular flexibility index (Phi) is 3.22. The fourth-order valence-electron chi connectivity index (χ4n) is 2.94. The Hall–Kier alpha value is -1.49. The predicted molar refractivity (Wildman–Crippen MR) is 66.8 cm³/mol. The minimum Gasteiger partial charge on any atom is -0.337 e. The molecule has 2 saturated heterocycles. The van der Waals surface area contributed by atoms with Gasteiger partial charge in [-0.15, -0.1) is 0 Å². The van der Waals surface area contributed by atoms with Crippen molar-refractivity contribution in [3.63, 3.8) is 0 Å². The summed E-state index contributed by atoms with van der Waals surface area (Å²) in [6, 6.07) is 4.16. The number of carbonyl (C=O) groups excluding carboxylic acids is 1. The van der Waals surface area contributed by atoms with Crippen molar-refractivity contribution in [2.45, 2.75) is 31.3 Å². The second-order valence-electron chi connectivity index (χ2n) is 5.31. The van der Waals surface area contributed by atoms with Crippen molar-refractivity contribution in [3.8, 4) is 0 Å². The van der Waals surface area contributed by atoms with Crippen LogP contribution in [-0.4, -0.2) is 36.0 Å². The number of hydrogen-bond donors (Lipinski definition) is 1. The number of hydrogen-bond acceptors (Lipinski definition) is 2. The third-order valence-electron chi connectivity index (χ3n) is 3.98. The smallest absolute Gasteiger partial charge is 0.254 e. The second-order valence-corrected chi connectivity index (χ2v) is 5.31. The van der Waals surface area contributed by atoms with Crippen LogP contribution in [0.15, 0.2) is 18.2 Å². The lowest BCUT2D eigenvalue weighted by Crippen LogP contribution is -2.39. The van der Waals surface area contributed by atoms with Gasteiger partial charge in [0.1, 0.15) is 0 Å². The van der Waals surface area contributed by atoms with Crippen molar-refractivity contribution in [1.29, 1.82) is 0 Å². The van der Waals surface area contributed by atoms with E-state index in [1.807, 2.05) is 0 Å². The summed E-state index contributed by atoms with van der Waals surface area (Å²) in [5.74, 6) is -2.11. The number of halogens is 2. The molecule has 1 aromatic rings. The van der Waals surface area contributed by atoms with Crippen LogP contribution in [0.4, 0.5) is 8.78 Å². The molecular formula is C14H16F2N2O. The van der Waals surface area contributed by atoms with E-state index in [4.69, 9.17) is 0 Å². The van der Waals surface area contributed by atoms with Crippen molar-refractivity contribution in [2.24, 2.45) is 0 Å². The van der Waals surface area contributed by atoms with Crippen LogP contribution < -0.4 is 5.32 Å². The van der Waals surface area contributed by atoms with E-state index in [1.54, 1.807) is 4.90 Å². The SMILES string of the molecule is O=C(c1ccc(F)c(F)c1)N1CCC2CCC(C1)N2. The van der Waals surface area contributed by atoms with Crippen LogP contribution in [0.5, 0.6) is 0 Å². The number of amides is 1. The number of rotatable bonds is 1. The first-order chi connectivity index (χ1) is 9.13. The van der Waals surface area contributed by atoms with Crippen LogP contribution >= 0.6 is 0 Å². The van der Waals surface area contributed by atoms with E-state index in [0.29, 0.717) is 25.2 Å². The largest absolute Gasteiger partial charge is 0.337 e. The topological polar surface area (TPSA) is 32.3 Å². The van der Waals surface area contributed by atoms with Crippen LogP contribution in [0.1, 0.15) is 29.6 Å². The molecule has 1 N–H and O–H groups in total. The molecule has 2 unspecified atom stereocenters. The summed E-state index contributed by atoms with van der Waals surface area (Å²) < 4.78 is 26.1. The molecule has 0 radical (unpaired) electrons. The molecule has 0 aromatic heterocycles. The molecule has 102 valence electrons. The van der Waals surface area contributed by atoms with Crippen LogP contribution in [0.25, 0.3) is 0 Å². The highest BCUT2D eigenvalue weighted by molar-refractivity contribution is 5.94. The van der Waals surface area contributed by atoms with Crippen LogP contribution in [0, 0.1) is 11.6 Å². The third-order valence-corrected chi connectivity index (χ3v) is 3.98. The summed E-state index contributed by atoms with van der Waals surface area (Å²) in [6.07, 6.45) is 3.16. The van der Waals surface area contributed by atoms with Gasteiger partial charge >= 0.3 is 0 Å². The number of carbonyl (C=O) groups is 1. The average molecular weight is 266 g/mol. The Balaban J connectivity index is 1.77. The van der Waals surface area contributed by atoms with Gasteiger partial charge in [0.05, 0.1) is 0 Å². The number of nitrogens with one attached hydrogen (secondary N) is 1. The summed E-state index contributed by atoms with van der Waals surface area (Å²) in [5.41, 5.74) is 0.219. The van der Waals surface area contributed by atoms with E-state index in [9.17, 15) is 13.6 Å². The Labute approximate surface area is 110 Å². The highest BCUT2D eigenvalue weighted by atomic mass is 19.2. The maximum absolute atomic E-state index is 13.2. The normalized spacial score (nSPS) is 26.3. The van der Waals surface area contributed by atoms with Crippen molar-refractivity contribution in [2.75, 3.05) is 13.1 Å². The molecule has 1 amide bonds. The van der Waals surface area contributed by atoms with Gasteiger partial charge in [0.25, 0.3) is 5.91 Å². The average Bonchev–Trinajstić information content (AvgIpc) is 2.72. The molecule has 3 rings (SSSR count). The minimum atomic E-state index is -0.972. The van der Waals surface area contributed by atoms with E-state index < -0.39 is 11.6 Å². The zero-order chi connectivity index (χ0) is 13.4. The van der Waals surface area contributed by atoms with Gasteiger partial charge in [0.15, 0.2) is 11.6 Å². The van der Waals surface area contributed by atoms with Gasteiger partial charge in [-0.05, 0) is 37.5 Å². The van der Waals surface area contributed by atoms with Crippen molar-refractivity contribution < 1.29 is 13.6 Å². The molecule has 19 heavy (non-hydrogen) atoms. The van der Waals surface area contributed by atoms with Gasteiger partial charge in [-0.25, -0.2) is 8.78 Å². The van der Waals surface area contributed by atoms with Crippen molar-refractivity contribution in [1.82, 2.24) is 10.2 Å². The van der Waals surface area contributed by atoms with Crippen LogP contribution in [0.2, 0.25) is 0 Å². The van der Waals surface area contributed by atoms with Gasteiger partial charge in [-0.1, -0.05) is 0 Å². The van der Waals surface area contributed by atoms with Crippen molar-refractivity contribution in [3.05, 3.63) is 35.4 Å². The fourth-order valence-corrected chi connectivity index (χ4v) is 2.94. The lowest BCUT2D eigenvalue weighted by Gasteiger charge is -2.24. The van der Waals surface area contributed by atoms with E-state index in [-0.39, 0.29) is 11.5 Å². The molecule has 3 nitrogen and oxygen atoms in total. The van der Waals surface area contributed by atoms with Gasteiger partial charge in [0.2, 0.25) is 0 Å². The first-order valence-corrected chi connectivity index (χ1v) is 6.64. The lowest BCUT2D eigenvalue weighted by atomic mass is 10.1. The summed E-state index contributed by atoms with van der Waals surface area (Å²) in [7, 11) is 0. The highest BCUT2D eigenvalue weighted by Crippen LogP contribution is 2.22. The van der Waals surface area contributed by atoms with Gasteiger partial charge in [-0.2, -0.15) is 0 Å². The first kappa shape index (κ1) is 12.5. The van der Waals surface area contributed by atoms with Gasteiger partial charge < -0.3 is 10.2 Å². The Morgan fingerprint density at radius 1 is 1.16 bits per heavy atom. The van der Waals surface area contributed by atoms with E-state index in [1.165, 1.54) is 6.07 Å². The zero-order valence-electron chi connectivity index (χ0n) is 10.5. The molecule has 2 atom stereocenters. The van der Waals surface area contributed by atoms with Crippen molar-refractivity contribution >= 4 is 5.91 Å². The third kappa shape index (κ3) is 2.47. The van der Waals surface area contributed by atoms with Crippen LogP contribution in [0.3, 0.4) is 0 Å². The molecule has 2 fully saturated rings. The molecule has 1 aromatic carbocycles. The Morgan fingerprint density at radius 3 is 2.74 bits per heavy atom. The predicted octanol–water partition coefficient (Wildman–Crippen LogP) is 1.93. The summed E-state index contributed by atoms with van der Waals surface area (Å²) in [6.45, 7) is 1.32. The Bertz CT molecular complexity index is 506. The molecule has 5 heteroatoms. The number of nitrogens with zero attached hydrogens (tertiary/aromatic N) is 1. The first-order valence-electron chi connectivity index (χ1n) is 6.64. The monoisotopic (exact) mass is 266 g/mol. The summed E-state index contributed by atoms with van der Waals surface area (Å²) in [5, 5.41) is 3.48. The molecular weight excluding hydrogens is 250 g/mol. The summed E-state index contributed by atoms with van der Waals surface area (Å²) >= 11 is 0. The molecule has 0 saturated carbocycles. The number of fused-ring (bicyclic) bond motifs is 2. The summed E-state index contributed by atoms with van der Waals surface area (Å²) in [4.78, 5) is 14.0. The molecule has 0 aliphatic carbocycles.